The van der Waals surface area contributed by atoms with E-state index in [1.807, 2.05) is 25.7 Å². The Labute approximate surface area is 136 Å². The second-order valence-electron chi connectivity index (χ2n) is 6.61. The minimum atomic E-state index is -0.506. The van der Waals surface area contributed by atoms with Gasteiger partial charge in [-0.1, -0.05) is 0 Å². The van der Waals surface area contributed by atoms with E-state index in [4.69, 9.17) is 9.15 Å². The van der Waals surface area contributed by atoms with E-state index in [0.717, 1.165) is 0 Å². The van der Waals surface area contributed by atoms with Crippen LogP contribution in [0.15, 0.2) is 4.42 Å². The van der Waals surface area contributed by atoms with Crippen LogP contribution in [-0.2, 0) is 4.74 Å². The lowest BCUT2D eigenvalue weighted by atomic mass is 10.2. The first-order valence-electron chi connectivity index (χ1n) is 7.52. The van der Waals surface area contributed by atoms with E-state index in [1.54, 1.807) is 23.9 Å². The number of carbonyl (C=O) groups excluding carboxylic acids is 1. The van der Waals surface area contributed by atoms with Gasteiger partial charge in [0.15, 0.2) is 0 Å². The van der Waals surface area contributed by atoms with Gasteiger partial charge in [-0.05, 0) is 20.8 Å². The second kappa shape index (κ2) is 6.36. The largest absolute Gasteiger partial charge is 0.444 e. The molecule has 8 nitrogen and oxygen atoms in total. The highest BCUT2D eigenvalue weighted by atomic mass is 16.6. The van der Waals surface area contributed by atoms with Gasteiger partial charge in [0.05, 0.1) is 0 Å². The molecule has 0 unspecified atom stereocenters. The molecular formula is C15H23N5O3. The highest BCUT2D eigenvalue weighted by molar-refractivity contribution is 5.68. The van der Waals surface area contributed by atoms with E-state index in [-0.39, 0.29) is 11.8 Å². The molecular weight excluding hydrogens is 298 g/mol. The lowest BCUT2D eigenvalue weighted by Gasteiger charge is -2.35. The predicted molar refractivity (Wildman–Crippen MR) is 85.6 cm³/mol. The number of hydrogen-bond donors (Lipinski definition) is 0. The molecule has 1 aromatic heterocycles. The topological polar surface area (TPSA) is 85.8 Å². The Balaban J connectivity index is 2.02. The molecule has 0 saturated carbocycles. The van der Waals surface area contributed by atoms with Gasteiger partial charge in [-0.25, -0.2) is 4.79 Å². The SMILES string of the molecule is CN(C)c1nc(C#N)c(N2CCN(C(=O)OC(C)(C)C)CC2)o1. The summed E-state index contributed by atoms with van der Waals surface area (Å²) in [5.74, 6) is 0.458. The Morgan fingerprint density at radius 2 is 1.91 bits per heavy atom. The van der Waals surface area contributed by atoms with Gasteiger partial charge in [-0.3, -0.25) is 0 Å². The lowest BCUT2D eigenvalue weighted by Crippen LogP contribution is -2.50. The van der Waals surface area contributed by atoms with Crippen molar-refractivity contribution in [2.75, 3.05) is 50.1 Å². The third-order valence-corrected chi connectivity index (χ3v) is 3.31. The first-order valence-corrected chi connectivity index (χ1v) is 7.52. The molecule has 0 atom stereocenters. The molecule has 0 aromatic carbocycles. The first kappa shape index (κ1) is 16.9. The van der Waals surface area contributed by atoms with E-state index in [9.17, 15) is 10.1 Å². The maximum absolute atomic E-state index is 12.1. The number of carbonyl (C=O) groups is 1. The number of hydrogen-bond acceptors (Lipinski definition) is 7. The number of amides is 1. The number of rotatable bonds is 2. The van der Waals surface area contributed by atoms with Gasteiger partial charge in [-0.2, -0.15) is 10.2 Å². The van der Waals surface area contributed by atoms with Crippen molar-refractivity contribution < 1.29 is 13.9 Å². The highest BCUT2D eigenvalue weighted by Gasteiger charge is 2.29. The van der Waals surface area contributed by atoms with Crippen LogP contribution in [0.25, 0.3) is 0 Å². The number of ether oxygens (including phenoxy) is 1. The average Bonchev–Trinajstić information content (AvgIpc) is 2.90. The van der Waals surface area contributed by atoms with Crippen molar-refractivity contribution in [2.45, 2.75) is 26.4 Å². The fourth-order valence-corrected chi connectivity index (χ4v) is 2.20. The Bertz CT molecular complexity index is 604. The van der Waals surface area contributed by atoms with Crippen molar-refractivity contribution in [1.82, 2.24) is 9.88 Å². The number of nitriles is 1. The summed E-state index contributed by atoms with van der Waals surface area (Å²) in [6.07, 6.45) is -0.316. The summed E-state index contributed by atoms with van der Waals surface area (Å²) in [6, 6.07) is 2.45. The van der Waals surface area contributed by atoms with E-state index in [1.165, 1.54) is 0 Å². The molecule has 126 valence electrons. The molecule has 8 heteroatoms. The lowest BCUT2D eigenvalue weighted by molar-refractivity contribution is 0.0239. The van der Waals surface area contributed by atoms with Crippen LogP contribution in [0, 0.1) is 11.3 Å². The Morgan fingerprint density at radius 3 is 2.39 bits per heavy atom. The van der Waals surface area contributed by atoms with Crippen LogP contribution >= 0.6 is 0 Å². The maximum Gasteiger partial charge on any atom is 0.410 e. The minimum Gasteiger partial charge on any atom is -0.444 e. The molecule has 0 bridgehead atoms. The van der Waals surface area contributed by atoms with Gasteiger partial charge >= 0.3 is 6.09 Å². The molecule has 0 spiro atoms. The van der Waals surface area contributed by atoms with E-state index >= 15 is 0 Å². The second-order valence-corrected chi connectivity index (χ2v) is 6.61. The highest BCUT2D eigenvalue weighted by Crippen LogP contribution is 2.26. The fourth-order valence-electron chi connectivity index (χ4n) is 2.20. The predicted octanol–water partition coefficient (Wildman–Crippen LogP) is 1.67. The number of oxazole rings is 1. The summed E-state index contributed by atoms with van der Waals surface area (Å²) in [7, 11) is 3.61. The van der Waals surface area contributed by atoms with Gasteiger partial charge in [-0.15, -0.1) is 0 Å². The smallest absolute Gasteiger partial charge is 0.410 e. The fraction of sp³-hybridized carbons (Fsp3) is 0.667. The van der Waals surface area contributed by atoms with Crippen LogP contribution in [0.2, 0.25) is 0 Å². The molecule has 2 rings (SSSR count). The standard InChI is InChI=1S/C15H23N5O3/c1-15(2,3)23-14(21)20-8-6-19(7-9-20)12-11(10-16)17-13(22-12)18(4)5/h6-9H2,1-5H3. The molecule has 1 aromatic rings. The first-order chi connectivity index (χ1) is 10.7. The molecule has 0 N–H and O–H groups in total. The molecule has 1 saturated heterocycles. The van der Waals surface area contributed by atoms with Crippen LogP contribution in [0.5, 0.6) is 0 Å². The van der Waals surface area contributed by atoms with E-state index < -0.39 is 5.60 Å². The molecule has 1 aliphatic heterocycles. The Morgan fingerprint density at radius 1 is 1.30 bits per heavy atom. The van der Waals surface area contributed by atoms with Gasteiger partial charge in [0.25, 0.3) is 6.01 Å². The molecule has 0 radical (unpaired) electrons. The van der Waals surface area contributed by atoms with Crippen molar-refractivity contribution in [3.8, 4) is 6.07 Å². The zero-order valence-electron chi connectivity index (χ0n) is 14.3. The summed E-state index contributed by atoms with van der Waals surface area (Å²) >= 11 is 0. The number of nitrogens with zero attached hydrogens (tertiary/aromatic N) is 5. The van der Waals surface area contributed by atoms with Gasteiger partial charge in [0.1, 0.15) is 11.7 Å². The minimum absolute atomic E-state index is 0.263. The van der Waals surface area contributed by atoms with E-state index in [0.29, 0.717) is 38.1 Å². The third kappa shape index (κ3) is 4.06. The molecule has 2 heterocycles. The molecule has 1 aliphatic rings. The molecule has 1 fully saturated rings. The van der Waals surface area contributed by atoms with Crippen LogP contribution in [0.4, 0.5) is 16.7 Å². The molecule has 23 heavy (non-hydrogen) atoms. The quantitative estimate of drug-likeness (QED) is 0.819. The van der Waals surface area contributed by atoms with Crippen molar-refractivity contribution in [1.29, 1.82) is 5.26 Å². The van der Waals surface area contributed by atoms with Gasteiger partial charge in [0.2, 0.25) is 11.6 Å². The summed E-state index contributed by atoms with van der Waals surface area (Å²) < 4.78 is 11.0. The maximum atomic E-state index is 12.1. The molecule has 0 aliphatic carbocycles. The Kier molecular flexibility index (Phi) is 4.68. The van der Waals surface area contributed by atoms with Crippen molar-refractivity contribution in [3.05, 3.63) is 5.69 Å². The Hall–Kier alpha value is -2.43. The zero-order valence-corrected chi connectivity index (χ0v) is 14.3. The summed E-state index contributed by atoms with van der Waals surface area (Å²) in [4.78, 5) is 21.5. The number of piperazine rings is 1. The van der Waals surface area contributed by atoms with Crippen molar-refractivity contribution in [3.63, 3.8) is 0 Å². The summed E-state index contributed by atoms with van der Waals surface area (Å²) in [5, 5.41) is 9.21. The normalized spacial score (nSPS) is 15.3. The molecule has 1 amide bonds. The summed E-state index contributed by atoms with van der Waals surface area (Å²) in [5.41, 5.74) is -0.243. The zero-order chi connectivity index (χ0) is 17.2. The third-order valence-electron chi connectivity index (χ3n) is 3.31. The van der Waals surface area contributed by atoms with Gasteiger partial charge in [0, 0.05) is 40.3 Å². The van der Waals surface area contributed by atoms with Crippen LogP contribution in [0.3, 0.4) is 0 Å². The summed E-state index contributed by atoms with van der Waals surface area (Å²) in [6.45, 7) is 7.69. The monoisotopic (exact) mass is 321 g/mol. The van der Waals surface area contributed by atoms with Crippen LogP contribution < -0.4 is 9.80 Å². The van der Waals surface area contributed by atoms with Crippen LogP contribution in [0.1, 0.15) is 26.5 Å². The van der Waals surface area contributed by atoms with Gasteiger partial charge < -0.3 is 23.9 Å². The van der Waals surface area contributed by atoms with Crippen molar-refractivity contribution >= 4 is 18.0 Å². The van der Waals surface area contributed by atoms with E-state index in [2.05, 4.69) is 11.1 Å². The van der Waals surface area contributed by atoms with Crippen LogP contribution in [-0.4, -0.2) is 61.9 Å². The van der Waals surface area contributed by atoms with Crippen molar-refractivity contribution in [2.24, 2.45) is 0 Å². The number of aromatic nitrogens is 1. The average molecular weight is 321 g/mol. The number of anilines is 2.